The molecule has 1 aromatic carbocycles. The molecule has 4 heteroatoms. The Balaban J connectivity index is 2.10. The SMILES string of the molecule is Cc1cccc(Oc2ncnc3sc(C)c(C)c23)c1. The zero-order valence-corrected chi connectivity index (χ0v) is 11.9. The third kappa shape index (κ3) is 2.19. The Hall–Kier alpha value is -1.94. The molecule has 0 aliphatic carbocycles. The average molecular weight is 270 g/mol. The standard InChI is InChI=1S/C15H14N2OS/c1-9-5-4-6-12(7-9)18-14-13-10(2)11(3)19-15(13)17-8-16-14/h4-8H,1-3H3. The summed E-state index contributed by atoms with van der Waals surface area (Å²) in [5.74, 6) is 1.45. The average Bonchev–Trinajstić information content (AvgIpc) is 2.66. The van der Waals surface area contributed by atoms with Gasteiger partial charge < -0.3 is 4.74 Å². The minimum absolute atomic E-state index is 0.637. The Morgan fingerprint density at radius 2 is 1.95 bits per heavy atom. The van der Waals surface area contributed by atoms with Crippen molar-refractivity contribution in [2.45, 2.75) is 20.8 Å². The Morgan fingerprint density at radius 1 is 1.11 bits per heavy atom. The number of aromatic nitrogens is 2. The van der Waals surface area contributed by atoms with Crippen LogP contribution in [0.4, 0.5) is 0 Å². The number of hydrogen-bond acceptors (Lipinski definition) is 4. The van der Waals surface area contributed by atoms with Gasteiger partial charge in [-0.1, -0.05) is 12.1 Å². The molecule has 0 atom stereocenters. The van der Waals surface area contributed by atoms with Crippen molar-refractivity contribution in [2.24, 2.45) is 0 Å². The molecule has 3 nitrogen and oxygen atoms in total. The maximum atomic E-state index is 5.92. The van der Waals surface area contributed by atoms with Crippen molar-refractivity contribution in [2.75, 3.05) is 0 Å². The second-order valence-corrected chi connectivity index (χ2v) is 5.76. The van der Waals surface area contributed by atoms with Gasteiger partial charge in [0.05, 0.1) is 5.39 Å². The highest BCUT2D eigenvalue weighted by molar-refractivity contribution is 7.18. The van der Waals surface area contributed by atoms with Crippen molar-refractivity contribution < 1.29 is 4.74 Å². The van der Waals surface area contributed by atoms with E-state index >= 15 is 0 Å². The number of fused-ring (bicyclic) bond motifs is 1. The van der Waals surface area contributed by atoms with Gasteiger partial charge in [0.25, 0.3) is 0 Å². The molecule has 0 unspecified atom stereocenters. The second-order valence-electron chi connectivity index (χ2n) is 4.56. The number of hydrogen-bond donors (Lipinski definition) is 0. The molecule has 0 radical (unpaired) electrons. The Kier molecular flexibility index (Phi) is 2.95. The molecule has 0 fully saturated rings. The Bertz CT molecular complexity index is 749. The molecule has 2 heterocycles. The Labute approximate surface area is 115 Å². The van der Waals surface area contributed by atoms with Gasteiger partial charge in [0, 0.05) is 4.88 Å². The zero-order chi connectivity index (χ0) is 13.4. The van der Waals surface area contributed by atoms with Gasteiger partial charge in [-0.2, -0.15) is 0 Å². The van der Waals surface area contributed by atoms with Gasteiger partial charge in [-0.25, -0.2) is 9.97 Å². The highest BCUT2D eigenvalue weighted by Crippen LogP contribution is 2.35. The first-order valence-corrected chi connectivity index (χ1v) is 6.92. The van der Waals surface area contributed by atoms with E-state index in [1.807, 2.05) is 31.2 Å². The van der Waals surface area contributed by atoms with E-state index in [0.29, 0.717) is 5.88 Å². The highest BCUT2D eigenvalue weighted by Gasteiger charge is 2.13. The van der Waals surface area contributed by atoms with Gasteiger partial charge in [-0.15, -0.1) is 11.3 Å². The summed E-state index contributed by atoms with van der Waals surface area (Å²) in [6.45, 7) is 6.22. The van der Waals surface area contributed by atoms with E-state index in [0.717, 1.165) is 16.0 Å². The lowest BCUT2D eigenvalue weighted by Gasteiger charge is -2.06. The molecule has 96 valence electrons. The third-order valence-corrected chi connectivity index (χ3v) is 4.25. The van der Waals surface area contributed by atoms with Crippen LogP contribution in [-0.4, -0.2) is 9.97 Å². The minimum atomic E-state index is 0.637. The monoisotopic (exact) mass is 270 g/mol. The minimum Gasteiger partial charge on any atom is -0.438 e. The lowest BCUT2D eigenvalue weighted by atomic mass is 10.2. The molecule has 0 amide bonds. The lowest BCUT2D eigenvalue weighted by Crippen LogP contribution is -1.90. The first-order chi connectivity index (χ1) is 9.15. The number of rotatable bonds is 2. The van der Waals surface area contributed by atoms with Crippen molar-refractivity contribution in [3.05, 3.63) is 46.6 Å². The largest absolute Gasteiger partial charge is 0.438 e. The number of ether oxygens (including phenoxy) is 1. The number of nitrogens with zero attached hydrogens (tertiary/aromatic N) is 2. The van der Waals surface area contributed by atoms with Crippen molar-refractivity contribution >= 4 is 21.6 Å². The third-order valence-electron chi connectivity index (χ3n) is 3.13. The second kappa shape index (κ2) is 4.63. The molecule has 0 spiro atoms. The number of thiophene rings is 1. The van der Waals surface area contributed by atoms with E-state index in [4.69, 9.17) is 4.74 Å². The number of aryl methyl sites for hydroxylation is 3. The topological polar surface area (TPSA) is 35.0 Å². The van der Waals surface area contributed by atoms with E-state index in [2.05, 4.69) is 23.8 Å². The van der Waals surface area contributed by atoms with Gasteiger partial charge in [0.15, 0.2) is 0 Å². The van der Waals surface area contributed by atoms with E-state index < -0.39 is 0 Å². The first-order valence-electron chi connectivity index (χ1n) is 6.10. The zero-order valence-electron chi connectivity index (χ0n) is 11.1. The van der Waals surface area contributed by atoms with Gasteiger partial charge in [-0.05, 0) is 44.0 Å². The van der Waals surface area contributed by atoms with Crippen LogP contribution in [0.1, 0.15) is 16.0 Å². The van der Waals surface area contributed by atoms with Crippen LogP contribution in [0.25, 0.3) is 10.2 Å². The van der Waals surface area contributed by atoms with Crippen LogP contribution < -0.4 is 4.74 Å². The van der Waals surface area contributed by atoms with Crippen LogP contribution in [0.3, 0.4) is 0 Å². The van der Waals surface area contributed by atoms with Gasteiger partial charge in [0.2, 0.25) is 5.88 Å². The smallest absolute Gasteiger partial charge is 0.231 e. The fourth-order valence-corrected chi connectivity index (χ4v) is 3.01. The molecule has 3 aromatic rings. The highest BCUT2D eigenvalue weighted by atomic mass is 32.1. The van der Waals surface area contributed by atoms with E-state index in [-0.39, 0.29) is 0 Å². The van der Waals surface area contributed by atoms with E-state index in [9.17, 15) is 0 Å². The van der Waals surface area contributed by atoms with Crippen molar-refractivity contribution in [3.8, 4) is 11.6 Å². The van der Waals surface area contributed by atoms with E-state index in [1.165, 1.54) is 16.0 Å². The summed E-state index contributed by atoms with van der Waals surface area (Å²) < 4.78 is 5.92. The van der Waals surface area contributed by atoms with Crippen LogP contribution >= 0.6 is 11.3 Å². The fraction of sp³-hybridized carbons (Fsp3) is 0.200. The molecule has 0 N–H and O–H groups in total. The lowest BCUT2D eigenvalue weighted by molar-refractivity contribution is 0.468. The van der Waals surface area contributed by atoms with Crippen LogP contribution in [0.5, 0.6) is 11.6 Å². The van der Waals surface area contributed by atoms with Crippen LogP contribution in [0.2, 0.25) is 0 Å². The molecule has 0 saturated heterocycles. The summed E-state index contributed by atoms with van der Waals surface area (Å²) in [7, 11) is 0. The summed E-state index contributed by atoms with van der Waals surface area (Å²) in [6, 6.07) is 7.97. The van der Waals surface area contributed by atoms with Crippen LogP contribution in [0.15, 0.2) is 30.6 Å². The molecule has 0 saturated carbocycles. The fourth-order valence-electron chi connectivity index (χ4n) is 2.02. The molecular formula is C15H14N2OS. The molecule has 2 aromatic heterocycles. The normalized spacial score (nSPS) is 10.9. The quantitative estimate of drug-likeness (QED) is 0.692. The van der Waals surface area contributed by atoms with Gasteiger partial charge in [0.1, 0.15) is 16.9 Å². The predicted octanol–water partition coefficient (Wildman–Crippen LogP) is 4.41. The van der Waals surface area contributed by atoms with Gasteiger partial charge >= 0.3 is 0 Å². The molecular weight excluding hydrogens is 256 g/mol. The molecule has 19 heavy (non-hydrogen) atoms. The van der Waals surface area contributed by atoms with Gasteiger partial charge in [-0.3, -0.25) is 0 Å². The van der Waals surface area contributed by atoms with Crippen LogP contribution in [-0.2, 0) is 0 Å². The summed E-state index contributed by atoms with van der Waals surface area (Å²) >= 11 is 1.68. The first kappa shape index (κ1) is 12.1. The maximum absolute atomic E-state index is 5.92. The summed E-state index contributed by atoms with van der Waals surface area (Å²) in [4.78, 5) is 10.8. The van der Waals surface area contributed by atoms with Crippen molar-refractivity contribution in [1.29, 1.82) is 0 Å². The summed E-state index contributed by atoms with van der Waals surface area (Å²) in [5.41, 5.74) is 2.37. The van der Waals surface area contributed by atoms with Crippen molar-refractivity contribution in [3.63, 3.8) is 0 Å². The van der Waals surface area contributed by atoms with Crippen molar-refractivity contribution in [1.82, 2.24) is 9.97 Å². The van der Waals surface area contributed by atoms with Crippen LogP contribution in [0, 0.1) is 20.8 Å². The molecule has 0 bridgehead atoms. The number of benzene rings is 1. The molecule has 3 rings (SSSR count). The predicted molar refractivity (Wildman–Crippen MR) is 78.1 cm³/mol. The summed E-state index contributed by atoms with van der Waals surface area (Å²) in [6.07, 6.45) is 1.56. The Morgan fingerprint density at radius 3 is 2.74 bits per heavy atom. The summed E-state index contributed by atoms with van der Waals surface area (Å²) in [5, 5.41) is 1.02. The van der Waals surface area contributed by atoms with E-state index in [1.54, 1.807) is 17.7 Å². The maximum Gasteiger partial charge on any atom is 0.231 e. The molecule has 0 aliphatic heterocycles. The molecule has 0 aliphatic rings.